The molecule has 2 amide bonds. The molecule has 0 spiro atoms. The summed E-state index contributed by atoms with van der Waals surface area (Å²) in [6.45, 7) is -0.765. The van der Waals surface area contributed by atoms with Crippen LogP contribution in [0.5, 0.6) is 0 Å². The fourth-order valence-corrected chi connectivity index (χ4v) is 2.32. The highest BCUT2D eigenvalue weighted by Gasteiger charge is 2.16. The maximum atomic E-state index is 12.4. The second-order valence-electron chi connectivity index (χ2n) is 5.40. The normalized spacial score (nSPS) is 10.8. The number of nitro groups is 1. The maximum absolute atomic E-state index is 12.4. The van der Waals surface area contributed by atoms with Crippen molar-refractivity contribution in [2.24, 2.45) is 0 Å². The Bertz CT molecular complexity index is 956. The lowest BCUT2D eigenvalue weighted by atomic mass is 10.1. The van der Waals surface area contributed by atoms with E-state index in [2.05, 4.69) is 10.6 Å². The predicted octanol–water partition coefficient (Wildman–Crippen LogP) is 0.885. The second kappa shape index (κ2) is 9.28. The molecule has 28 heavy (non-hydrogen) atoms. The molecule has 10 heteroatoms. The first-order valence-corrected chi connectivity index (χ1v) is 8.16. The van der Waals surface area contributed by atoms with E-state index in [0.29, 0.717) is 5.56 Å². The van der Waals surface area contributed by atoms with Crippen LogP contribution >= 0.6 is 11.6 Å². The van der Waals surface area contributed by atoms with E-state index in [-0.39, 0.29) is 22.0 Å². The minimum absolute atomic E-state index is 0.103. The standard InChI is InChI=1S/C18H14ClN3O6/c19-14-4-2-1-3-13(14)17(25)21-15(18(26)20-10-16(23)24)9-11-5-7-12(8-6-11)22(27)28/h1-9H,10H2,(H,20,26)(H,21,25)(H,23,24)/p-1/b15-9-. The Kier molecular flexibility index (Phi) is 6.83. The van der Waals surface area contributed by atoms with Crippen LogP contribution in [0.3, 0.4) is 0 Å². The molecule has 0 fully saturated rings. The summed E-state index contributed by atoms with van der Waals surface area (Å²) in [5, 5.41) is 25.9. The third kappa shape index (κ3) is 5.64. The predicted molar refractivity (Wildman–Crippen MR) is 98.0 cm³/mol. The molecule has 0 unspecified atom stereocenters. The topological polar surface area (TPSA) is 141 Å². The first kappa shape index (κ1) is 20.6. The van der Waals surface area contributed by atoms with E-state index in [9.17, 15) is 29.6 Å². The lowest BCUT2D eigenvalue weighted by Crippen LogP contribution is -2.41. The number of nitrogens with one attached hydrogen (secondary N) is 2. The number of nitrogens with zero attached hydrogens (tertiary/aromatic N) is 1. The minimum atomic E-state index is -1.51. The smallest absolute Gasteiger partial charge is 0.269 e. The van der Waals surface area contributed by atoms with Gasteiger partial charge in [-0.05, 0) is 35.9 Å². The van der Waals surface area contributed by atoms with Gasteiger partial charge in [0.15, 0.2) is 0 Å². The van der Waals surface area contributed by atoms with Gasteiger partial charge in [-0.3, -0.25) is 19.7 Å². The molecule has 0 aliphatic carbocycles. The van der Waals surface area contributed by atoms with Gasteiger partial charge in [-0.2, -0.15) is 0 Å². The van der Waals surface area contributed by atoms with Crippen molar-refractivity contribution in [2.45, 2.75) is 0 Å². The van der Waals surface area contributed by atoms with Crippen molar-refractivity contribution in [1.82, 2.24) is 10.6 Å². The number of carboxylic acids is 1. The Labute approximate surface area is 163 Å². The Morgan fingerprint density at radius 3 is 2.29 bits per heavy atom. The number of aliphatic carboxylic acids is 1. The van der Waals surface area contributed by atoms with E-state index in [4.69, 9.17) is 11.6 Å². The molecule has 0 radical (unpaired) electrons. The van der Waals surface area contributed by atoms with Gasteiger partial charge in [-0.15, -0.1) is 0 Å². The number of hydrogen-bond donors (Lipinski definition) is 2. The third-order valence-corrected chi connectivity index (χ3v) is 3.75. The molecule has 0 saturated heterocycles. The average molecular weight is 403 g/mol. The maximum Gasteiger partial charge on any atom is 0.269 e. The summed E-state index contributed by atoms with van der Waals surface area (Å²) < 4.78 is 0. The fourth-order valence-electron chi connectivity index (χ4n) is 2.10. The van der Waals surface area contributed by atoms with Gasteiger partial charge in [-0.1, -0.05) is 23.7 Å². The van der Waals surface area contributed by atoms with Crippen molar-refractivity contribution in [3.05, 3.63) is 80.5 Å². The van der Waals surface area contributed by atoms with Crippen molar-refractivity contribution < 1.29 is 24.4 Å². The van der Waals surface area contributed by atoms with E-state index in [1.165, 1.54) is 42.5 Å². The molecule has 0 atom stereocenters. The molecule has 0 saturated carbocycles. The van der Waals surface area contributed by atoms with Gasteiger partial charge in [0.2, 0.25) is 0 Å². The minimum Gasteiger partial charge on any atom is -0.548 e. The number of hydrogen-bond acceptors (Lipinski definition) is 6. The van der Waals surface area contributed by atoms with Crippen LogP contribution < -0.4 is 15.7 Å². The summed E-state index contributed by atoms with van der Waals surface area (Å²) in [4.78, 5) is 45.4. The van der Waals surface area contributed by atoms with Crippen LogP contribution in [0.4, 0.5) is 5.69 Å². The van der Waals surface area contributed by atoms with Gasteiger partial charge in [0, 0.05) is 12.1 Å². The molecule has 9 nitrogen and oxygen atoms in total. The largest absolute Gasteiger partial charge is 0.548 e. The molecule has 0 heterocycles. The van der Waals surface area contributed by atoms with Crippen LogP contribution in [0, 0.1) is 10.1 Å². The summed E-state index contributed by atoms with van der Waals surface area (Å²) in [6.07, 6.45) is 1.24. The van der Waals surface area contributed by atoms with E-state index in [0.717, 1.165) is 0 Å². The van der Waals surface area contributed by atoms with Gasteiger partial charge in [0.25, 0.3) is 17.5 Å². The van der Waals surface area contributed by atoms with Crippen LogP contribution in [0.25, 0.3) is 6.08 Å². The van der Waals surface area contributed by atoms with Gasteiger partial charge in [-0.25, -0.2) is 0 Å². The van der Waals surface area contributed by atoms with Crippen molar-refractivity contribution >= 4 is 41.1 Å². The van der Waals surface area contributed by atoms with Crippen LogP contribution in [0.2, 0.25) is 5.02 Å². The molecular formula is C18H13ClN3O6-. The third-order valence-electron chi connectivity index (χ3n) is 3.42. The SMILES string of the molecule is O=C([O-])CNC(=O)/C(=C/c1ccc([N+](=O)[O-])cc1)NC(=O)c1ccccc1Cl. The first-order chi connectivity index (χ1) is 13.3. The summed E-state index contributed by atoms with van der Waals surface area (Å²) in [5.41, 5.74) is 0.0374. The Morgan fingerprint density at radius 2 is 1.71 bits per heavy atom. The highest BCUT2D eigenvalue weighted by Crippen LogP contribution is 2.17. The van der Waals surface area contributed by atoms with Crippen molar-refractivity contribution in [3.63, 3.8) is 0 Å². The number of rotatable bonds is 7. The molecule has 0 aliphatic heterocycles. The van der Waals surface area contributed by atoms with Crippen molar-refractivity contribution in [2.75, 3.05) is 6.54 Å². The Hall–Kier alpha value is -3.72. The van der Waals surface area contributed by atoms with E-state index >= 15 is 0 Å². The van der Waals surface area contributed by atoms with E-state index in [1.54, 1.807) is 12.1 Å². The molecule has 0 bridgehead atoms. The number of benzene rings is 2. The zero-order valence-electron chi connectivity index (χ0n) is 14.2. The van der Waals surface area contributed by atoms with Crippen LogP contribution in [0.15, 0.2) is 54.2 Å². The summed E-state index contributed by atoms with van der Waals surface area (Å²) in [6, 6.07) is 11.3. The number of carbonyl (C=O) groups excluding carboxylic acids is 3. The summed E-state index contributed by atoms with van der Waals surface area (Å²) >= 11 is 5.96. The number of non-ortho nitro benzene ring substituents is 1. The molecule has 2 N–H and O–H groups in total. The number of amides is 2. The second-order valence-corrected chi connectivity index (χ2v) is 5.80. The lowest BCUT2D eigenvalue weighted by Gasteiger charge is -2.12. The molecular weight excluding hydrogens is 390 g/mol. The number of nitro benzene ring substituents is 1. The summed E-state index contributed by atoms with van der Waals surface area (Å²) in [7, 11) is 0. The van der Waals surface area contributed by atoms with Crippen molar-refractivity contribution in [3.8, 4) is 0 Å². The highest BCUT2D eigenvalue weighted by atomic mass is 35.5. The molecule has 144 valence electrons. The zero-order chi connectivity index (χ0) is 20.7. The van der Waals surface area contributed by atoms with Crippen LogP contribution in [0.1, 0.15) is 15.9 Å². The van der Waals surface area contributed by atoms with Gasteiger partial charge < -0.3 is 20.5 Å². The first-order valence-electron chi connectivity index (χ1n) is 7.78. The monoisotopic (exact) mass is 402 g/mol. The summed E-state index contributed by atoms with van der Waals surface area (Å²) in [5.74, 6) is -3.09. The number of carbonyl (C=O) groups is 3. The van der Waals surface area contributed by atoms with Crippen LogP contribution in [-0.4, -0.2) is 29.3 Å². The molecule has 2 aromatic carbocycles. The Morgan fingerprint density at radius 1 is 1.07 bits per heavy atom. The quantitative estimate of drug-likeness (QED) is 0.400. The molecule has 2 rings (SSSR count). The average Bonchev–Trinajstić information content (AvgIpc) is 2.66. The lowest BCUT2D eigenvalue weighted by molar-refractivity contribution is -0.384. The number of halogens is 1. The van der Waals surface area contributed by atoms with Crippen LogP contribution in [-0.2, 0) is 9.59 Å². The van der Waals surface area contributed by atoms with Crippen molar-refractivity contribution in [1.29, 1.82) is 0 Å². The highest BCUT2D eigenvalue weighted by molar-refractivity contribution is 6.34. The Balaban J connectivity index is 2.31. The number of carboxylic acid groups (broad SMARTS) is 1. The fraction of sp³-hybridized carbons (Fsp3) is 0.0556. The van der Waals surface area contributed by atoms with E-state index < -0.39 is 29.3 Å². The van der Waals surface area contributed by atoms with Gasteiger partial charge >= 0.3 is 0 Å². The van der Waals surface area contributed by atoms with Gasteiger partial charge in [0.1, 0.15) is 5.70 Å². The zero-order valence-corrected chi connectivity index (χ0v) is 14.9. The van der Waals surface area contributed by atoms with E-state index in [1.807, 2.05) is 0 Å². The molecule has 0 aliphatic rings. The van der Waals surface area contributed by atoms with Gasteiger partial charge in [0.05, 0.1) is 28.0 Å². The molecule has 2 aromatic rings. The molecule has 0 aromatic heterocycles.